The van der Waals surface area contributed by atoms with Crippen LogP contribution in [0.5, 0.6) is 23.0 Å². The van der Waals surface area contributed by atoms with Crippen molar-refractivity contribution >= 4 is 5.82 Å². The number of hydrogen-bond acceptors (Lipinski definition) is 5. The Morgan fingerprint density at radius 1 is 1.11 bits per heavy atom. The van der Waals surface area contributed by atoms with E-state index in [2.05, 4.69) is 22.4 Å². The number of anilines is 1. The number of ether oxygens (including phenoxy) is 2. The van der Waals surface area contributed by atoms with Crippen molar-refractivity contribution in [3.63, 3.8) is 0 Å². The maximum absolute atomic E-state index is 5.85. The molecular weight excluding hydrogens is 242 g/mol. The highest BCUT2D eigenvalue weighted by Gasteiger charge is 2.22. The van der Waals surface area contributed by atoms with Gasteiger partial charge in [-0.15, -0.1) is 5.10 Å². The van der Waals surface area contributed by atoms with Crippen LogP contribution in [0, 0.1) is 0 Å². The number of benzene rings is 1. The van der Waals surface area contributed by atoms with Crippen molar-refractivity contribution in [1.29, 1.82) is 0 Å². The molecule has 0 saturated heterocycles. The molecule has 2 heterocycles. The normalized spacial score (nSPS) is 11.8. The second kappa shape index (κ2) is 5.14. The summed E-state index contributed by atoms with van der Waals surface area (Å²) in [5.74, 6) is 3.21. The van der Waals surface area contributed by atoms with E-state index in [1.54, 1.807) is 6.20 Å². The van der Waals surface area contributed by atoms with Gasteiger partial charge in [0.2, 0.25) is 5.75 Å². The molecule has 1 aromatic heterocycles. The van der Waals surface area contributed by atoms with Crippen LogP contribution >= 0.6 is 0 Å². The van der Waals surface area contributed by atoms with Crippen LogP contribution in [-0.4, -0.2) is 16.7 Å². The van der Waals surface area contributed by atoms with Gasteiger partial charge in [0.15, 0.2) is 23.1 Å². The quantitative estimate of drug-likeness (QED) is 0.724. The molecule has 0 fully saturated rings. The molecule has 5 nitrogen and oxygen atoms in total. The van der Waals surface area contributed by atoms with Crippen LogP contribution in [0.25, 0.3) is 0 Å². The zero-order chi connectivity index (χ0) is 13.1. The lowest BCUT2D eigenvalue weighted by Gasteiger charge is -2.21. The first kappa shape index (κ1) is 11.8. The van der Waals surface area contributed by atoms with Gasteiger partial charge < -0.3 is 14.8 Å². The average molecular weight is 257 g/mol. The predicted octanol–water partition coefficient (Wildman–Crippen LogP) is 3.59. The Labute approximate surface area is 111 Å². The number of para-hydroxylation sites is 2. The summed E-state index contributed by atoms with van der Waals surface area (Å²) in [7, 11) is 0. The summed E-state index contributed by atoms with van der Waals surface area (Å²) in [6, 6.07) is 7.55. The third-order valence-electron chi connectivity index (χ3n) is 2.88. The van der Waals surface area contributed by atoms with E-state index >= 15 is 0 Å². The fraction of sp³-hybridized carbons (Fsp3) is 0.286. The van der Waals surface area contributed by atoms with Gasteiger partial charge in [0.25, 0.3) is 0 Å². The standard InChI is InChI=1S/C14H15N3O2/c1-2-3-8-15-14-13-12(9-16-17-14)18-10-6-4-5-7-11(10)19-13/h4-7,9H,2-3,8H2,1H3,(H,15,17). The number of unbranched alkanes of at least 4 members (excludes halogenated alkanes) is 1. The zero-order valence-electron chi connectivity index (χ0n) is 10.7. The maximum Gasteiger partial charge on any atom is 0.215 e. The first-order chi connectivity index (χ1) is 9.38. The van der Waals surface area contributed by atoms with E-state index < -0.39 is 0 Å². The van der Waals surface area contributed by atoms with E-state index in [0.717, 1.165) is 19.4 Å². The molecule has 3 rings (SSSR count). The van der Waals surface area contributed by atoms with Crippen LogP contribution in [-0.2, 0) is 0 Å². The van der Waals surface area contributed by atoms with E-state index in [1.165, 1.54) is 0 Å². The molecule has 2 aromatic rings. The molecule has 0 spiro atoms. The molecule has 0 aliphatic carbocycles. The van der Waals surface area contributed by atoms with E-state index in [4.69, 9.17) is 9.47 Å². The van der Waals surface area contributed by atoms with Gasteiger partial charge in [-0.05, 0) is 18.6 Å². The van der Waals surface area contributed by atoms with Crippen molar-refractivity contribution in [2.24, 2.45) is 0 Å². The van der Waals surface area contributed by atoms with E-state index in [9.17, 15) is 0 Å². The van der Waals surface area contributed by atoms with E-state index in [-0.39, 0.29) is 0 Å². The molecule has 1 N–H and O–H groups in total. The number of aromatic nitrogens is 2. The summed E-state index contributed by atoms with van der Waals surface area (Å²) >= 11 is 0. The van der Waals surface area contributed by atoms with Crippen LogP contribution in [0.15, 0.2) is 30.5 Å². The minimum atomic E-state index is 0.590. The topological polar surface area (TPSA) is 56.3 Å². The molecule has 0 radical (unpaired) electrons. The fourth-order valence-corrected chi connectivity index (χ4v) is 1.88. The Morgan fingerprint density at radius 3 is 2.68 bits per heavy atom. The highest BCUT2D eigenvalue weighted by Crippen LogP contribution is 2.47. The number of hydrogen-bond donors (Lipinski definition) is 1. The molecule has 0 amide bonds. The SMILES string of the molecule is CCCCNc1nncc2c1Oc1ccccc1O2. The first-order valence-electron chi connectivity index (χ1n) is 6.42. The van der Waals surface area contributed by atoms with Gasteiger partial charge in [0, 0.05) is 6.54 Å². The van der Waals surface area contributed by atoms with Crippen molar-refractivity contribution in [3.05, 3.63) is 30.5 Å². The van der Waals surface area contributed by atoms with Gasteiger partial charge in [0.05, 0.1) is 6.20 Å². The Balaban J connectivity index is 1.88. The van der Waals surface area contributed by atoms with Crippen LogP contribution in [0.1, 0.15) is 19.8 Å². The molecule has 19 heavy (non-hydrogen) atoms. The maximum atomic E-state index is 5.85. The van der Waals surface area contributed by atoms with Crippen LogP contribution in [0.2, 0.25) is 0 Å². The minimum absolute atomic E-state index is 0.590. The lowest BCUT2D eigenvalue weighted by Crippen LogP contribution is -2.08. The molecule has 1 aliphatic heterocycles. The summed E-state index contributed by atoms with van der Waals surface area (Å²) in [4.78, 5) is 0. The van der Waals surface area contributed by atoms with Crippen molar-refractivity contribution in [3.8, 4) is 23.0 Å². The van der Waals surface area contributed by atoms with Crippen LogP contribution < -0.4 is 14.8 Å². The molecule has 1 aromatic carbocycles. The first-order valence-corrected chi connectivity index (χ1v) is 6.42. The van der Waals surface area contributed by atoms with Crippen LogP contribution in [0.3, 0.4) is 0 Å². The molecule has 0 atom stereocenters. The number of nitrogens with one attached hydrogen (secondary N) is 1. The fourth-order valence-electron chi connectivity index (χ4n) is 1.88. The molecule has 0 saturated carbocycles. The van der Waals surface area contributed by atoms with Crippen molar-refractivity contribution in [1.82, 2.24) is 10.2 Å². The van der Waals surface area contributed by atoms with Gasteiger partial charge >= 0.3 is 0 Å². The van der Waals surface area contributed by atoms with Gasteiger partial charge in [0.1, 0.15) is 0 Å². The monoisotopic (exact) mass is 257 g/mol. The highest BCUT2D eigenvalue weighted by atomic mass is 16.6. The average Bonchev–Trinajstić information content (AvgIpc) is 2.46. The number of fused-ring (bicyclic) bond motifs is 2. The minimum Gasteiger partial charge on any atom is -0.448 e. The zero-order valence-corrected chi connectivity index (χ0v) is 10.7. The van der Waals surface area contributed by atoms with E-state index in [1.807, 2.05) is 24.3 Å². The van der Waals surface area contributed by atoms with Gasteiger partial charge in [-0.2, -0.15) is 5.10 Å². The smallest absolute Gasteiger partial charge is 0.215 e. The van der Waals surface area contributed by atoms with E-state index in [0.29, 0.717) is 28.8 Å². The summed E-state index contributed by atoms with van der Waals surface area (Å²) < 4.78 is 11.6. The number of nitrogens with zero attached hydrogens (tertiary/aromatic N) is 2. The third-order valence-corrected chi connectivity index (χ3v) is 2.88. The molecule has 0 unspecified atom stereocenters. The Kier molecular flexibility index (Phi) is 3.18. The van der Waals surface area contributed by atoms with Gasteiger partial charge in [-0.3, -0.25) is 0 Å². The third kappa shape index (κ3) is 2.31. The molecular formula is C14H15N3O2. The Bertz CT molecular complexity index is 587. The lowest BCUT2D eigenvalue weighted by atomic mass is 10.3. The Morgan fingerprint density at radius 2 is 1.89 bits per heavy atom. The Hall–Kier alpha value is -2.30. The van der Waals surface area contributed by atoms with Crippen molar-refractivity contribution in [2.45, 2.75) is 19.8 Å². The molecule has 5 heteroatoms. The lowest BCUT2D eigenvalue weighted by molar-refractivity contribution is 0.357. The highest BCUT2D eigenvalue weighted by molar-refractivity contribution is 5.63. The summed E-state index contributed by atoms with van der Waals surface area (Å²) in [5.41, 5.74) is 0. The molecule has 1 aliphatic rings. The second-order valence-corrected chi connectivity index (χ2v) is 4.32. The van der Waals surface area contributed by atoms with Gasteiger partial charge in [-0.1, -0.05) is 25.5 Å². The van der Waals surface area contributed by atoms with Crippen molar-refractivity contribution < 1.29 is 9.47 Å². The van der Waals surface area contributed by atoms with Crippen LogP contribution in [0.4, 0.5) is 5.82 Å². The predicted molar refractivity (Wildman–Crippen MR) is 72.0 cm³/mol. The largest absolute Gasteiger partial charge is 0.448 e. The summed E-state index contributed by atoms with van der Waals surface area (Å²) in [6.07, 6.45) is 3.76. The molecule has 98 valence electrons. The number of rotatable bonds is 4. The van der Waals surface area contributed by atoms with Gasteiger partial charge in [-0.25, -0.2) is 0 Å². The molecule has 0 bridgehead atoms. The van der Waals surface area contributed by atoms with Crippen molar-refractivity contribution in [2.75, 3.05) is 11.9 Å². The second-order valence-electron chi connectivity index (χ2n) is 4.32. The summed E-state index contributed by atoms with van der Waals surface area (Å²) in [5, 5.41) is 11.2. The summed E-state index contributed by atoms with van der Waals surface area (Å²) in [6.45, 7) is 2.98.